The van der Waals surface area contributed by atoms with Crippen LogP contribution in [-0.4, -0.2) is 19.9 Å². The van der Waals surface area contributed by atoms with Gasteiger partial charge in [0.05, 0.1) is 16.1 Å². The Labute approximate surface area is 339 Å². The summed E-state index contributed by atoms with van der Waals surface area (Å²) >= 11 is 1.83. The van der Waals surface area contributed by atoms with Crippen molar-refractivity contribution in [2.45, 2.75) is 13.3 Å². The van der Waals surface area contributed by atoms with E-state index in [0.717, 1.165) is 73.1 Å². The third-order valence-electron chi connectivity index (χ3n) is 10.9. The quantitative estimate of drug-likeness (QED) is 0.162. The molecule has 0 bridgehead atoms. The number of pyridine rings is 1. The van der Waals surface area contributed by atoms with Gasteiger partial charge in [0.2, 0.25) is 0 Å². The molecule has 0 radical (unpaired) electrons. The number of nitrogens with zero attached hydrogens (tertiary/aromatic N) is 4. The predicted molar refractivity (Wildman–Crippen MR) is 240 cm³/mol. The van der Waals surface area contributed by atoms with Crippen LogP contribution in [0.2, 0.25) is 0 Å². The summed E-state index contributed by atoms with van der Waals surface area (Å²) in [7, 11) is 0. The third kappa shape index (κ3) is 5.68. The van der Waals surface area contributed by atoms with Gasteiger partial charge < -0.3 is 4.42 Å². The number of fused-ring (bicyclic) bond motifs is 6. The lowest BCUT2D eigenvalue weighted by atomic mass is 9.92. The highest BCUT2D eigenvalue weighted by atomic mass is 32.1. The fourth-order valence-electron chi connectivity index (χ4n) is 8.27. The Morgan fingerprint density at radius 1 is 0.431 bits per heavy atom. The van der Waals surface area contributed by atoms with Gasteiger partial charge in [0.15, 0.2) is 17.5 Å². The van der Waals surface area contributed by atoms with Gasteiger partial charge in [-0.25, -0.2) is 19.9 Å². The highest BCUT2D eigenvalue weighted by Crippen LogP contribution is 2.48. The van der Waals surface area contributed by atoms with Crippen molar-refractivity contribution in [1.82, 2.24) is 19.9 Å². The summed E-state index contributed by atoms with van der Waals surface area (Å²) in [6, 6.07) is 60.8. The minimum absolute atomic E-state index is 0.597. The topological polar surface area (TPSA) is 64.7 Å². The molecule has 7 aromatic carbocycles. The highest BCUT2D eigenvalue weighted by Gasteiger charge is 2.23. The van der Waals surface area contributed by atoms with E-state index in [1.54, 1.807) is 0 Å². The van der Waals surface area contributed by atoms with E-state index in [1.165, 1.54) is 31.3 Å². The standard InChI is InChI=1S/C52H34N4OS/c1-2-37-46-45-38(25-16-28-43(45)58-49(46)48(33-19-9-4-10-20-33)53-47(37)32-17-7-3-8-18-32)36-29-30-41-40(31-36)44-39(26-15-27-42(44)57-41)52-55-50(34-21-11-5-12-22-34)54-51(56-52)35-23-13-6-14-24-35/h3-31H,2H2,1H3. The molecule has 11 rings (SSSR count). The van der Waals surface area contributed by atoms with Crippen LogP contribution < -0.4 is 0 Å². The second kappa shape index (κ2) is 14.0. The van der Waals surface area contributed by atoms with E-state index in [1.807, 2.05) is 84.1 Å². The fraction of sp³-hybridized carbons (Fsp3) is 0.0385. The number of benzene rings is 7. The first-order chi connectivity index (χ1) is 28.7. The molecule has 0 N–H and O–H groups in total. The second-order valence-corrected chi connectivity index (χ2v) is 15.4. The lowest BCUT2D eigenvalue weighted by Crippen LogP contribution is -2.00. The number of aryl methyl sites for hydroxylation is 1. The van der Waals surface area contributed by atoms with E-state index in [2.05, 4.69) is 110 Å². The summed E-state index contributed by atoms with van der Waals surface area (Å²) in [5, 5.41) is 4.51. The number of thiophene rings is 1. The Balaban J connectivity index is 1.16. The summed E-state index contributed by atoms with van der Waals surface area (Å²) in [5.41, 5.74) is 12.2. The molecule has 11 aromatic rings. The number of aromatic nitrogens is 4. The summed E-state index contributed by atoms with van der Waals surface area (Å²) in [6.07, 6.45) is 0.847. The van der Waals surface area contributed by atoms with Crippen LogP contribution in [0.4, 0.5) is 0 Å². The highest BCUT2D eigenvalue weighted by molar-refractivity contribution is 7.26. The van der Waals surface area contributed by atoms with E-state index in [-0.39, 0.29) is 0 Å². The molecule has 0 spiro atoms. The van der Waals surface area contributed by atoms with Crippen LogP contribution in [0.15, 0.2) is 180 Å². The van der Waals surface area contributed by atoms with Gasteiger partial charge in [-0.05, 0) is 47.4 Å². The summed E-state index contributed by atoms with van der Waals surface area (Å²) in [4.78, 5) is 20.6. The lowest BCUT2D eigenvalue weighted by Gasteiger charge is -2.14. The van der Waals surface area contributed by atoms with Crippen molar-refractivity contribution < 1.29 is 4.42 Å². The van der Waals surface area contributed by atoms with Gasteiger partial charge in [-0.15, -0.1) is 11.3 Å². The van der Waals surface area contributed by atoms with Gasteiger partial charge in [-0.2, -0.15) is 0 Å². The molecule has 0 unspecified atom stereocenters. The average Bonchev–Trinajstić information content (AvgIpc) is 3.88. The van der Waals surface area contributed by atoms with Crippen LogP contribution in [0.5, 0.6) is 0 Å². The van der Waals surface area contributed by atoms with Crippen molar-refractivity contribution in [3.8, 4) is 67.8 Å². The zero-order valence-electron chi connectivity index (χ0n) is 31.6. The van der Waals surface area contributed by atoms with Gasteiger partial charge >= 0.3 is 0 Å². The third-order valence-corrected chi connectivity index (χ3v) is 12.1. The van der Waals surface area contributed by atoms with Crippen molar-refractivity contribution in [1.29, 1.82) is 0 Å². The Kier molecular flexibility index (Phi) is 8.23. The molecule has 0 saturated carbocycles. The molecule has 58 heavy (non-hydrogen) atoms. The molecule has 0 aliphatic heterocycles. The van der Waals surface area contributed by atoms with Gasteiger partial charge in [-0.3, -0.25) is 0 Å². The Bertz CT molecular complexity index is 3250. The molecule has 0 amide bonds. The van der Waals surface area contributed by atoms with E-state index in [0.29, 0.717) is 17.5 Å². The molecular formula is C52H34N4OS. The lowest BCUT2D eigenvalue weighted by molar-refractivity contribution is 0.669. The van der Waals surface area contributed by atoms with E-state index in [9.17, 15) is 0 Å². The van der Waals surface area contributed by atoms with E-state index >= 15 is 0 Å². The SMILES string of the molecule is CCc1c(-c2ccccc2)nc(-c2ccccc2)c2sc3cccc(-c4ccc5oc6cccc(-c7nc(-c8ccccc8)nc(-c8ccccc8)n7)c6c5c4)c3c12. The molecule has 6 heteroatoms. The fourth-order valence-corrected chi connectivity index (χ4v) is 9.54. The maximum absolute atomic E-state index is 6.57. The van der Waals surface area contributed by atoms with Crippen LogP contribution in [0.1, 0.15) is 12.5 Å². The normalized spacial score (nSPS) is 11.6. The van der Waals surface area contributed by atoms with Crippen LogP contribution in [0, 0.1) is 0 Å². The molecule has 4 aromatic heterocycles. The van der Waals surface area contributed by atoms with E-state index < -0.39 is 0 Å². The summed E-state index contributed by atoms with van der Waals surface area (Å²) < 4.78 is 9.01. The van der Waals surface area contributed by atoms with Gasteiger partial charge in [0, 0.05) is 54.1 Å². The van der Waals surface area contributed by atoms with Crippen molar-refractivity contribution >= 4 is 53.4 Å². The maximum atomic E-state index is 6.57. The smallest absolute Gasteiger partial charge is 0.164 e. The molecule has 0 atom stereocenters. The van der Waals surface area contributed by atoms with Gasteiger partial charge in [-0.1, -0.05) is 159 Å². The number of hydrogen-bond acceptors (Lipinski definition) is 6. The molecule has 5 nitrogen and oxygen atoms in total. The zero-order valence-corrected chi connectivity index (χ0v) is 32.4. The van der Waals surface area contributed by atoms with Crippen LogP contribution in [-0.2, 0) is 6.42 Å². The van der Waals surface area contributed by atoms with Gasteiger partial charge in [0.1, 0.15) is 11.2 Å². The van der Waals surface area contributed by atoms with E-state index in [4.69, 9.17) is 24.4 Å². The minimum Gasteiger partial charge on any atom is -0.456 e. The first kappa shape index (κ1) is 34.0. The minimum atomic E-state index is 0.597. The second-order valence-electron chi connectivity index (χ2n) is 14.4. The molecule has 0 fully saturated rings. The molecule has 274 valence electrons. The number of rotatable bonds is 7. The average molecular weight is 763 g/mol. The van der Waals surface area contributed by atoms with Crippen molar-refractivity contribution in [3.05, 3.63) is 181 Å². The molecule has 0 aliphatic carbocycles. The monoisotopic (exact) mass is 762 g/mol. The Hall–Kier alpha value is -7.28. The maximum Gasteiger partial charge on any atom is 0.164 e. The zero-order chi connectivity index (χ0) is 38.6. The molecule has 4 heterocycles. The van der Waals surface area contributed by atoms with Crippen molar-refractivity contribution in [3.63, 3.8) is 0 Å². The summed E-state index contributed by atoms with van der Waals surface area (Å²) in [5.74, 6) is 1.84. The first-order valence-corrected chi connectivity index (χ1v) is 20.4. The predicted octanol–water partition coefficient (Wildman–Crippen LogP) is 14.1. The van der Waals surface area contributed by atoms with Crippen molar-refractivity contribution in [2.75, 3.05) is 0 Å². The Morgan fingerprint density at radius 2 is 1.00 bits per heavy atom. The van der Waals surface area contributed by atoms with Crippen molar-refractivity contribution in [2.24, 2.45) is 0 Å². The van der Waals surface area contributed by atoms with Crippen LogP contribution >= 0.6 is 11.3 Å². The van der Waals surface area contributed by atoms with Gasteiger partial charge in [0.25, 0.3) is 0 Å². The molecule has 0 saturated heterocycles. The number of hydrogen-bond donors (Lipinski definition) is 0. The molecule has 0 aliphatic rings. The summed E-state index contributed by atoms with van der Waals surface area (Å²) in [6.45, 7) is 2.25. The number of furan rings is 1. The molecular weight excluding hydrogens is 729 g/mol. The van der Waals surface area contributed by atoms with Crippen LogP contribution in [0.25, 0.3) is 110 Å². The van der Waals surface area contributed by atoms with Crippen LogP contribution in [0.3, 0.4) is 0 Å². The Morgan fingerprint density at radius 3 is 1.64 bits per heavy atom. The largest absolute Gasteiger partial charge is 0.456 e. The first-order valence-electron chi connectivity index (χ1n) is 19.5.